The molecule has 0 atom stereocenters. The molecule has 7 nitrogen and oxygen atoms in total. The zero-order valence-corrected chi connectivity index (χ0v) is 20.0. The zero-order valence-electron chi connectivity index (χ0n) is 20.0. The van der Waals surface area contributed by atoms with Crippen LogP contribution in [0, 0.1) is 0 Å². The Morgan fingerprint density at radius 2 is 2.00 bits per heavy atom. The van der Waals surface area contributed by atoms with E-state index in [9.17, 15) is 4.79 Å². The summed E-state index contributed by atoms with van der Waals surface area (Å²) in [6.07, 6.45) is 2.73. The largest absolute Gasteiger partial charge is 0.497 e. The number of hydrogen-bond acceptors (Lipinski definition) is 6. The van der Waals surface area contributed by atoms with Gasteiger partial charge < -0.3 is 24.0 Å². The molecule has 1 amide bonds. The summed E-state index contributed by atoms with van der Waals surface area (Å²) < 4.78 is 16.7. The summed E-state index contributed by atoms with van der Waals surface area (Å²) in [7, 11) is 5.26. The van der Waals surface area contributed by atoms with Crippen LogP contribution in [-0.4, -0.2) is 61.7 Å². The van der Waals surface area contributed by atoms with E-state index in [0.717, 1.165) is 36.5 Å². The Labute approximate surface area is 200 Å². The van der Waals surface area contributed by atoms with Crippen molar-refractivity contribution < 1.29 is 19.0 Å². The number of carbonyl (C=O) groups excluding carboxylic acids is 1. The molecule has 0 fully saturated rings. The summed E-state index contributed by atoms with van der Waals surface area (Å²) in [5.74, 6) is 1.86. The van der Waals surface area contributed by atoms with Crippen LogP contribution in [0.5, 0.6) is 17.2 Å². The molecular weight excluding hydrogens is 430 g/mol. The first kappa shape index (κ1) is 23.6. The van der Waals surface area contributed by atoms with Crippen LogP contribution in [0.2, 0.25) is 0 Å². The molecule has 1 aliphatic rings. The lowest BCUT2D eigenvalue weighted by Crippen LogP contribution is -2.32. The number of hydrogen-bond donors (Lipinski definition) is 0. The number of pyridine rings is 1. The number of methoxy groups -OCH3 is 2. The summed E-state index contributed by atoms with van der Waals surface area (Å²) in [4.78, 5) is 21.9. The highest BCUT2D eigenvalue weighted by atomic mass is 16.5. The Morgan fingerprint density at radius 3 is 2.76 bits per heavy atom. The Balaban J connectivity index is 1.46. The summed E-state index contributed by atoms with van der Waals surface area (Å²) >= 11 is 0. The van der Waals surface area contributed by atoms with E-state index in [1.165, 1.54) is 5.56 Å². The fraction of sp³-hybridized carbons (Fsp3) is 0.333. The van der Waals surface area contributed by atoms with E-state index in [0.29, 0.717) is 36.8 Å². The number of nitrogens with zero attached hydrogens (tertiary/aromatic N) is 3. The molecule has 4 rings (SSSR count). The summed E-state index contributed by atoms with van der Waals surface area (Å²) in [5.41, 5.74) is 3.75. The van der Waals surface area contributed by atoms with Gasteiger partial charge in [0.1, 0.15) is 23.9 Å². The summed E-state index contributed by atoms with van der Waals surface area (Å²) in [6.45, 7) is 3.12. The average molecular weight is 462 g/mol. The Bertz CT molecular complexity index is 1120. The van der Waals surface area contributed by atoms with Gasteiger partial charge in [0.2, 0.25) is 0 Å². The smallest absolute Gasteiger partial charge is 0.258 e. The number of aromatic nitrogens is 1. The first-order chi connectivity index (χ1) is 16.6. The maximum atomic E-state index is 13.4. The molecule has 0 saturated carbocycles. The van der Waals surface area contributed by atoms with Crippen LogP contribution in [0.15, 0.2) is 60.8 Å². The first-order valence-corrected chi connectivity index (χ1v) is 11.4. The zero-order chi connectivity index (χ0) is 23.9. The van der Waals surface area contributed by atoms with E-state index in [1.807, 2.05) is 24.4 Å². The molecule has 0 unspecified atom stereocenters. The molecule has 0 spiro atoms. The summed E-state index contributed by atoms with van der Waals surface area (Å²) in [5, 5.41) is 0. The van der Waals surface area contributed by atoms with Gasteiger partial charge in [0.05, 0.1) is 26.3 Å². The lowest BCUT2D eigenvalue weighted by Gasteiger charge is -2.22. The highest BCUT2D eigenvalue weighted by Gasteiger charge is 2.24. The second-order valence-corrected chi connectivity index (χ2v) is 8.39. The molecule has 2 heterocycles. The third kappa shape index (κ3) is 5.66. The topological polar surface area (TPSA) is 64.1 Å². The van der Waals surface area contributed by atoms with Crippen LogP contribution < -0.4 is 14.2 Å². The lowest BCUT2D eigenvalue weighted by atomic mass is 10.1. The molecule has 0 bridgehead atoms. The van der Waals surface area contributed by atoms with Crippen LogP contribution in [0.1, 0.15) is 27.2 Å². The van der Waals surface area contributed by atoms with Crippen LogP contribution in [0.25, 0.3) is 0 Å². The number of likely N-dealkylation sites (N-methyl/N-ethyl adjacent to an activating group) is 1. The minimum Gasteiger partial charge on any atom is -0.497 e. The van der Waals surface area contributed by atoms with E-state index < -0.39 is 0 Å². The average Bonchev–Trinajstić information content (AvgIpc) is 3.09. The molecule has 178 valence electrons. The molecule has 1 aliphatic heterocycles. The van der Waals surface area contributed by atoms with Crippen molar-refractivity contribution in [2.45, 2.75) is 19.5 Å². The minimum absolute atomic E-state index is 0.106. The van der Waals surface area contributed by atoms with Gasteiger partial charge in [-0.25, -0.2) is 0 Å². The van der Waals surface area contributed by atoms with Crippen molar-refractivity contribution >= 4 is 5.91 Å². The van der Waals surface area contributed by atoms with Crippen LogP contribution in [0.3, 0.4) is 0 Å². The second kappa shape index (κ2) is 11.0. The number of ether oxygens (including phenoxy) is 3. The van der Waals surface area contributed by atoms with E-state index in [2.05, 4.69) is 35.1 Å². The predicted molar refractivity (Wildman–Crippen MR) is 130 cm³/mol. The molecule has 2 aromatic carbocycles. The molecule has 34 heavy (non-hydrogen) atoms. The van der Waals surface area contributed by atoms with E-state index in [1.54, 1.807) is 37.3 Å². The van der Waals surface area contributed by atoms with Gasteiger partial charge >= 0.3 is 0 Å². The number of carbonyl (C=O) groups is 1. The van der Waals surface area contributed by atoms with Crippen molar-refractivity contribution in [3.05, 3.63) is 83.2 Å². The van der Waals surface area contributed by atoms with Gasteiger partial charge in [-0.05, 0) is 55.1 Å². The first-order valence-electron chi connectivity index (χ1n) is 11.4. The van der Waals surface area contributed by atoms with Crippen molar-refractivity contribution in [3.8, 4) is 17.2 Å². The van der Waals surface area contributed by atoms with Crippen LogP contribution in [0.4, 0.5) is 0 Å². The van der Waals surface area contributed by atoms with Gasteiger partial charge in [0.25, 0.3) is 5.91 Å². The number of rotatable bonds is 8. The normalized spacial score (nSPS) is 13.1. The molecule has 3 aromatic rings. The van der Waals surface area contributed by atoms with Crippen molar-refractivity contribution in [1.29, 1.82) is 0 Å². The third-order valence-corrected chi connectivity index (χ3v) is 5.96. The molecule has 0 radical (unpaired) electrons. The molecule has 0 N–H and O–H groups in total. The Hall–Kier alpha value is -3.58. The monoisotopic (exact) mass is 461 g/mol. The molecule has 1 aromatic heterocycles. The SMILES string of the molecule is COc1ccc(OC)c(C(=O)N2CCOc3ccc(CN(C)CCc4ccccn4)cc3C2)c1. The standard InChI is InChI=1S/C27H31N3O4/c1-29(13-11-22-6-4-5-12-28-22)18-20-7-9-25-21(16-20)19-30(14-15-34-25)27(31)24-17-23(32-2)8-10-26(24)33-3/h4-10,12,16-17H,11,13-15,18-19H2,1-3H3. The highest BCUT2D eigenvalue weighted by molar-refractivity contribution is 5.97. The predicted octanol–water partition coefficient (Wildman–Crippen LogP) is 3.81. The number of benzene rings is 2. The Kier molecular flexibility index (Phi) is 7.65. The van der Waals surface area contributed by atoms with E-state index >= 15 is 0 Å². The van der Waals surface area contributed by atoms with Crippen molar-refractivity contribution in [2.24, 2.45) is 0 Å². The second-order valence-electron chi connectivity index (χ2n) is 8.39. The van der Waals surface area contributed by atoms with Gasteiger partial charge in [-0.1, -0.05) is 12.1 Å². The maximum absolute atomic E-state index is 13.4. The molecular formula is C27H31N3O4. The van der Waals surface area contributed by atoms with E-state index in [4.69, 9.17) is 14.2 Å². The van der Waals surface area contributed by atoms with Gasteiger partial charge in [0, 0.05) is 43.5 Å². The van der Waals surface area contributed by atoms with Gasteiger partial charge in [-0.15, -0.1) is 0 Å². The van der Waals surface area contributed by atoms with E-state index in [-0.39, 0.29) is 5.91 Å². The summed E-state index contributed by atoms with van der Waals surface area (Å²) in [6, 6.07) is 17.5. The third-order valence-electron chi connectivity index (χ3n) is 5.96. The molecule has 0 saturated heterocycles. The number of amides is 1. The van der Waals surface area contributed by atoms with Gasteiger partial charge in [-0.3, -0.25) is 9.78 Å². The minimum atomic E-state index is -0.106. The lowest BCUT2D eigenvalue weighted by molar-refractivity contribution is 0.0729. The van der Waals surface area contributed by atoms with Gasteiger partial charge in [0.15, 0.2) is 0 Å². The quantitative estimate of drug-likeness (QED) is 0.508. The van der Waals surface area contributed by atoms with Crippen molar-refractivity contribution in [3.63, 3.8) is 0 Å². The molecule has 7 heteroatoms. The van der Waals surface area contributed by atoms with Crippen LogP contribution in [-0.2, 0) is 19.5 Å². The maximum Gasteiger partial charge on any atom is 0.258 e. The van der Waals surface area contributed by atoms with Crippen molar-refractivity contribution in [1.82, 2.24) is 14.8 Å². The van der Waals surface area contributed by atoms with Crippen LogP contribution >= 0.6 is 0 Å². The van der Waals surface area contributed by atoms with Gasteiger partial charge in [-0.2, -0.15) is 0 Å². The fourth-order valence-electron chi connectivity index (χ4n) is 4.11. The fourth-order valence-corrected chi connectivity index (χ4v) is 4.11. The highest BCUT2D eigenvalue weighted by Crippen LogP contribution is 2.29. The van der Waals surface area contributed by atoms with Crippen molar-refractivity contribution in [2.75, 3.05) is 41.0 Å². The number of fused-ring (bicyclic) bond motifs is 1. The Morgan fingerprint density at radius 1 is 1.12 bits per heavy atom. The molecule has 0 aliphatic carbocycles.